The molecule has 0 unspecified atom stereocenters. The number of Topliss-reactive ketones (excluding diaryl/α,β-unsaturated/α-hetero) is 1. The van der Waals surface area contributed by atoms with E-state index >= 15 is 0 Å². The number of ketones is 1. The summed E-state index contributed by atoms with van der Waals surface area (Å²) in [5.74, 6) is 0.342. The molecular weight excluding hydrogens is 384 g/mol. The average molecular weight is 397 g/mol. The topological polar surface area (TPSA) is 72.2 Å². The lowest BCUT2D eigenvalue weighted by molar-refractivity contribution is 0.0994. The monoisotopic (exact) mass is 396 g/mol. The first-order valence-electron chi connectivity index (χ1n) is 8.08. The van der Waals surface area contributed by atoms with Crippen LogP contribution in [0.5, 0.6) is 0 Å². The zero-order chi connectivity index (χ0) is 19.0. The minimum atomic E-state index is -0.383. The number of anilines is 1. The summed E-state index contributed by atoms with van der Waals surface area (Å²) < 4.78 is 6.55. The maximum absolute atomic E-state index is 12.4. The molecule has 1 amide bonds. The minimum Gasteiger partial charge on any atom is -0.451 e. The number of amides is 1. The fourth-order valence-electron chi connectivity index (χ4n) is 2.59. The Balaban J connectivity index is 1.53. The number of hydrogen-bond donors (Lipinski definition) is 1. The zero-order valence-corrected chi connectivity index (χ0v) is 15.7. The number of aromatic nitrogens is 1. The fourth-order valence-corrected chi connectivity index (χ4v) is 3.73. The summed E-state index contributed by atoms with van der Waals surface area (Å²) in [5.41, 5.74) is 2.18. The number of furan rings is 1. The van der Waals surface area contributed by atoms with Crippen LogP contribution >= 0.6 is 22.9 Å². The van der Waals surface area contributed by atoms with Gasteiger partial charge in [0.2, 0.25) is 0 Å². The number of carbonyl (C=O) groups is 2. The molecule has 0 atom stereocenters. The number of rotatable bonds is 4. The van der Waals surface area contributed by atoms with Crippen molar-refractivity contribution in [2.75, 3.05) is 5.32 Å². The molecule has 0 aliphatic carbocycles. The molecule has 7 heteroatoms. The summed E-state index contributed by atoms with van der Waals surface area (Å²) in [6.45, 7) is 1.51. The first-order chi connectivity index (χ1) is 13.0. The van der Waals surface area contributed by atoms with E-state index in [9.17, 15) is 9.59 Å². The standard InChI is InChI=1S/C20H13ClN2O3S/c1-11(24)12-2-4-13(5-3-12)16-8-9-17(26-16)19(25)23-20-22-15-7-6-14(21)10-18(15)27-20/h2-10H,1H3,(H,22,23,25). The molecule has 4 rings (SSSR count). The maximum Gasteiger partial charge on any atom is 0.293 e. The van der Waals surface area contributed by atoms with Crippen LogP contribution in [0.15, 0.2) is 59.0 Å². The van der Waals surface area contributed by atoms with Crippen molar-refractivity contribution < 1.29 is 14.0 Å². The third kappa shape index (κ3) is 3.63. The van der Waals surface area contributed by atoms with Gasteiger partial charge in [-0.1, -0.05) is 47.2 Å². The van der Waals surface area contributed by atoms with Crippen molar-refractivity contribution in [2.24, 2.45) is 0 Å². The van der Waals surface area contributed by atoms with E-state index in [0.29, 0.717) is 21.5 Å². The number of hydrogen-bond acceptors (Lipinski definition) is 5. The van der Waals surface area contributed by atoms with Crippen molar-refractivity contribution in [3.8, 4) is 11.3 Å². The molecule has 0 aliphatic rings. The summed E-state index contributed by atoms with van der Waals surface area (Å²) in [5, 5.41) is 3.84. The summed E-state index contributed by atoms with van der Waals surface area (Å²) in [4.78, 5) is 28.2. The molecule has 27 heavy (non-hydrogen) atoms. The normalized spacial score (nSPS) is 10.9. The van der Waals surface area contributed by atoms with Crippen molar-refractivity contribution in [1.29, 1.82) is 0 Å². The predicted octanol–water partition coefficient (Wildman–Crippen LogP) is 5.66. The molecule has 2 heterocycles. The Hall–Kier alpha value is -2.96. The van der Waals surface area contributed by atoms with Gasteiger partial charge in [-0.2, -0.15) is 0 Å². The van der Waals surface area contributed by atoms with Gasteiger partial charge in [0.25, 0.3) is 5.91 Å². The molecule has 0 saturated carbocycles. The molecule has 1 N–H and O–H groups in total. The van der Waals surface area contributed by atoms with Crippen LogP contribution in [-0.4, -0.2) is 16.7 Å². The Morgan fingerprint density at radius 3 is 2.59 bits per heavy atom. The van der Waals surface area contributed by atoms with Crippen molar-refractivity contribution in [1.82, 2.24) is 4.98 Å². The van der Waals surface area contributed by atoms with Crippen LogP contribution in [0.2, 0.25) is 5.02 Å². The molecule has 2 aromatic heterocycles. The van der Waals surface area contributed by atoms with Gasteiger partial charge in [-0.25, -0.2) is 4.98 Å². The highest BCUT2D eigenvalue weighted by atomic mass is 35.5. The Morgan fingerprint density at radius 2 is 1.85 bits per heavy atom. The highest BCUT2D eigenvalue weighted by Gasteiger charge is 2.15. The first kappa shape index (κ1) is 17.5. The van der Waals surface area contributed by atoms with Gasteiger partial charge >= 0.3 is 0 Å². The van der Waals surface area contributed by atoms with E-state index in [2.05, 4.69) is 10.3 Å². The summed E-state index contributed by atoms with van der Waals surface area (Å²) in [6.07, 6.45) is 0. The number of benzene rings is 2. The van der Waals surface area contributed by atoms with Gasteiger partial charge in [-0.05, 0) is 37.3 Å². The van der Waals surface area contributed by atoms with Gasteiger partial charge in [0.1, 0.15) is 5.76 Å². The molecule has 134 valence electrons. The van der Waals surface area contributed by atoms with Gasteiger partial charge in [0, 0.05) is 16.1 Å². The van der Waals surface area contributed by atoms with Gasteiger partial charge in [0.15, 0.2) is 16.7 Å². The van der Waals surface area contributed by atoms with Crippen molar-refractivity contribution in [2.45, 2.75) is 6.92 Å². The number of thiazole rings is 1. The van der Waals surface area contributed by atoms with E-state index < -0.39 is 0 Å². The molecule has 0 radical (unpaired) electrons. The highest BCUT2D eigenvalue weighted by Crippen LogP contribution is 2.29. The third-order valence-corrected chi connectivity index (χ3v) is 5.15. The highest BCUT2D eigenvalue weighted by molar-refractivity contribution is 7.22. The lowest BCUT2D eigenvalue weighted by atomic mass is 10.1. The number of halogens is 1. The smallest absolute Gasteiger partial charge is 0.293 e. The van der Waals surface area contributed by atoms with Gasteiger partial charge < -0.3 is 4.42 Å². The van der Waals surface area contributed by atoms with Crippen LogP contribution < -0.4 is 5.32 Å². The molecule has 0 saturated heterocycles. The zero-order valence-electron chi connectivity index (χ0n) is 14.2. The molecule has 5 nitrogen and oxygen atoms in total. The lowest BCUT2D eigenvalue weighted by Crippen LogP contribution is -2.10. The van der Waals surface area contributed by atoms with Gasteiger partial charge in [-0.15, -0.1) is 0 Å². The fraction of sp³-hybridized carbons (Fsp3) is 0.0500. The lowest BCUT2D eigenvalue weighted by Gasteiger charge is -2.00. The third-order valence-electron chi connectivity index (χ3n) is 3.98. The average Bonchev–Trinajstić information content (AvgIpc) is 3.28. The Morgan fingerprint density at radius 1 is 1.07 bits per heavy atom. The van der Waals surface area contributed by atoms with Crippen LogP contribution in [0.3, 0.4) is 0 Å². The van der Waals surface area contributed by atoms with Crippen molar-refractivity contribution in [3.63, 3.8) is 0 Å². The van der Waals surface area contributed by atoms with Crippen LogP contribution in [0.1, 0.15) is 27.8 Å². The van der Waals surface area contributed by atoms with E-state index in [0.717, 1.165) is 15.8 Å². The first-order valence-corrected chi connectivity index (χ1v) is 9.28. The van der Waals surface area contributed by atoms with Crippen LogP contribution in [-0.2, 0) is 0 Å². The van der Waals surface area contributed by atoms with E-state index in [4.69, 9.17) is 16.0 Å². The van der Waals surface area contributed by atoms with Gasteiger partial charge in [0.05, 0.1) is 10.2 Å². The molecule has 2 aromatic carbocycles. The van der Waals surface area contributed by atoms with Crippen LogP contribution in [0.4, 0.5) is 5.13 Å². The second-order valence-corrected chi connectivity index (χ2v) is 7.35. The predicted molar refractivity (Wildman–Crippen MR) is 107 cm³/mol. The Labute approximate surface area is 163 Å². The molecule has 0 aliphatic heterocycles. The molecule has 0 fully saturated rings. The molecule has 4 aromatic rings. The van der Waals surface area contributed by atoms with E-state index in [1.165, 1.54) is 18.3 Å². The number of fused-ring (bicyclic) bond motifs is 1. The minimum absolute atomic E-state index is 0.00168. The molecular formula is C20H13ClN2O3S. The van der Waals surface area contributed by atoms with Crippen LogP contribution in [0.25, 0.3) is 21.5 Å². The Kier molecular flexibility index (Phi) is 4.51. The van der Waals surface area contributed by atoms with Crippen molar-refractivity contribution in [3.05, 3.63) is 70.9 Å². The number of nitrogens with one attached hydrogen (secondary N) is 1. The SMILES string of the molecule is CC(=O)c1ccc(-c2ccc(C(=O)Nc3nc4ccc(Cl)cc4s3)o2)cc1. The molecule has 0 spiro atoms. The summed E-state index contributed by atoms with van der Waals surface area (Å²) >= 11 is 7.32. The van der Waals surface area contributed by atoms with Gasteiger partial charge in [-0.3, -0.25) is 14.9 Å². The second kappa shape index (κ2) is 6.98. The Bertz CT molecular complexity index is 1160. The number of nitrogens with zero attached hydrogens (tertiary/aromatic N) is 1. The largest absolute Gasteiger partial charge is 0.451 e. The molecule has 0 bridgehead atoms. The van der Waals surface area contributed by atoms with E-state index in [-0.39, 0.29) is 17.5 Å². The van der Waals surface area contributed by atoms with E-state index in [1.807, 2.05) is 0 Å². The maximum atomic E-state index is 12.4. The number of carbonyl (C=O) groups excluding carboxylic acids is 2. The summed E-state index contributed by atoms with van der Waals surface area (Å²) in [6, 6.07) is 15.7. The van der Waals surface area contributed by atoms with E-state index in [1.54, 1.807) is 54.6 Å². The second-order valence-electron chi connectivity index (χ2n) is 5.88. The van der Waals surface area contributed by atoms with Crippen LogP contribution in [0, 0.1) is 0 Å². The summed E-state index contributed by atoms with van der Waals surface area (Å²) in [7, 11) is 0. The quantitative estimate of drug-likeness (QED) is 0.451. The van der Waals surface area contributed by atoms with Crippen molar-refractivity contribution >= 4 is 50.0 Å².